The van der Waals surface area contributed by atoms with E-state index in [1.165, 1.54) is 66.3 Å². The minimum atomic E-state index is -4.60. The summed E-state index contributed by atoms with van der Waals surface area (Å²) in [5, 5.41) is 0. The average molecular weight is 474 g/mol. The first-order chi connectivity index (χ1) is 15.6. The van der Waals surface area contributed by atoms with E-state index in [4.69, 9.17) is 0 Å². The van der Waals surface area contributed by atoms with Crippen molar-refractivity contribution in [2.24, 2.45) is 0 Å². The second-order valence-corrected chi connectivity index (χ2v) is 9.54. The predicted octanol–water partition coefficient (Wildman–Crippen LogP) is 6.16. The van der Waals surface area contributed by atoms with Gasteiger partial charge in [-0.15, -0.1) is 0 Å². The number of alkyl halides is 3. The number of hydrogen-bond donors (Lipinski definition) is 0. The molecule has 0 aliphatic heterocycles. The van der Waals surface area contributed by atoms with Crippen molar-refractivity contribution in [3.63, 3.8) is 0 Å². The van der Waals surface area contributed by atoms with Crippen molar-refractivity contribution in [2.45, 2.75) is 18.0 Å². The maximum atomic E-state index is 15.1. The zero-order valence-electron chi connectivity index (χ0n) is 17.3. The van der Waals surface area contributed by atoms with Crippen LogP contribution in [0.2, 0.25) is 0 Å². The van der Waals surface area contributed by atoms with Gasteiger partial charge in [-0.1, -0.05) is 43.3 Å². The van der Waals surface area contributed by atoms with Crippen molar-refractivity contribution < 1.29 is 26.0 Å². The van der Waals surface area contributed by atoms with Crippen LogP contribution in [0.15, 0.2) is 84.0 Å². The van der Waals surface area contributed by atoms with Crippen molar-refractivity contribution in [3.05, 3.63) is 90.5 Å². The summed E-state index contributed by atoms with van der Waals surface area (Å²) < 4.78 is 81.2. The summed E-state index contributed by atoms with van der Waals surface area (Å²) in [5.74, 6) is -0.808. The van der Waals surface area contributed by atoms with Gasteiger partial charge in [-0.3, -0.25) is 4.57 Å². The lowest BCUT2D eigenvalue weighted by Gasteiger charge is -2.15. The van der Waals surface area contributed by atoms with E-state index in [0.717, 1.165) is 6.07 Å². The van der Waals surface area contributed by atoms with E-state index in [9.17, 15) is 21.6 Å². The van der Waals surface area contributed by atoms with Crippen LogP contribution < -0.4 is 0 Å². The minimum Gasteiger partial charge on any atom is -0.297 e. The predicted molar refractivity (Wildman–Crippen MR) is 117 cm³/mol. The number of halogens is 4. The third kappa shape index (κ3) is 4.41. The number of rotatable bonds is 5. The Morgan fingerprint density at radius 2 is 1.67 bits per heavy atom. The number of hydrogen-bond acceptors (Lipinski definition) is 3. The van der Waals surface area contributed by atoms with E-state index in [-0.39, 0.29) is 27.7 Å². The van der Waals surface area contributed by atoms with E-state index in [1.807, 2.05) is 0 Å². The highest BCUT2D eigenvalue weighted by atomic mass is 32.2. The highest BCUT2D eigenvalue weighted by Crippen LogP contribution is 2.37. The van der Waals surface area contributed by atoms with Gasteiger partial charge in [-0.2, -0.15) is 13.2 Å². The Kier molecular flexibility index (Phi) is 5.84. The van der Waals surface area contributed by atoms with Crippen LogP contribution in [0.25, 0.3) is 28.2 Å². The van der Waals surface area contributed by atoms with Crippen LogP contribution in [0.4, 0.5) is 17.6 Å². The molecule has 4 aromatic rings. The average Bonchev–Trinajstić information content (AvgIpc) is 3.28. The second kappa shape index (κ2) is 8.47. The Hall–Kier alpha value is -3.46. The summed E-state index contributed by atoms with van der Waals surface area (Å²) >= 11 is 0. The van der Waals surface area contributed by atoms with E-state index >= 15 is 4.39 Å². The molecule has 0 atom stereocenters. The van der Waals surface area contributed by atoms with E-state index in [0.29, 0.717) is 11.1 Å². The SMILES string of the molecule is CCS(=O)(=O)c1cccc(-c2ccc(-n3ccnc3-c3ccccc3C(F)(F)F)c(F)c2)c1. The molecule has 0 fully saturated rings. The molecule has 0 saturated heterocycles. The fourth-order valence-corrected chi connectivity index (χ4v) is 4.47. The van der Waals surface area contributed by atoms with E-state index < -0.39 is 27.4 Å². The first kappa shape index (κ1) is 22.7. The summed E-state index contributed by atoms with van der Waals surface area (Å²) in [6.45, 7) is 1.54. The van der Waals surface area contributed by atoms with E-state index in [2.05, 4.69) is 4.98 Å². The maximum Gasteiger partial charge on any atom is 0.417 e. The zero-order chi connectivity index (χ0) is 23.8. The maximum absolute atomic E-state index is 15.1. The molecule has 9 heteroatoms. The van der Waals surface area contributed by atoms with Gasteiger partial charge in [0.2, 0.25) is 0 Å². The highest BCUT2D eigenvalue weighted by Gasteiger charge is 2.34. The molecule has 170 valence electrons. The molecule has 1 heterocycles. The van der Waals surface area contributed by atoms with Crippen molar-refractivity contribution in [1.29, 1.82) is 0 Å². The molecule has 1 aromatic heterocycles. The molecular weight excluding hydrogens is 456 g/mol. The zero-order valence-corrected chi connectivity index (χ0v) is 18.2. The fraction of sp³-hybridized carbons (Fsp3) is 0.125. The quantitative estimate of drug-likeness (QED) is 0.326. The van der Waals surface area contributed by atoms with Gasteiger partial charge in [0, 0.05) is 18.0 Å². The molecule has 3 aromatic carbocycles. The molecule has 0 N–H and O–H groups in total. The van der Waals surface area contributed by atoms with Gasteiger partial charge in [0.1, 0.15) is 11.6 Å². The summed E-state index contributed by atoms with van der Waals surface area (Å²) in [4.78, 5) is 4.17. The molecule has 0 saturated carbocycles. The first-order valence-corrected chi connectivity index (χ1v) is 11.6. The fourth-order valence-electron chi connectivity index (χ4n) is 3.54. The third-order valence-electron chi connectivity index (χ3n) is 5.23. The number of imidazole rings is 1. The van der Waals surface area contributed by atoms with Crippen molar-refractivity contribution in [2.75, 3.05) is 5.75 Å². The molecule has 0 bridgehead atoms. The monoisotopic (exact) mass is 474 g/mol. The molecule has 0 radical (unpaired) electrons. The van der Waals surface area contributed by atoms with Gasteiger partial charge in [0.15, 0.2) is 9.84 Å². The molecule has 0 unspecified atom stereocenters. The molecular formula is C24H18F4N2O2S. The highest BCUT2D eigenvalue weighted by molar-refractivity contribution is 7.91. The van der Waals surface area contributed by atoms with Gasteiger partial charge in [0.05, 0.1) is 21.9 Å². The molecule has 0 spiro atoms. The summed E-state index contributed by atoms with van der Waals surface area (Å²) in [6, 6.07) is 15.4. The van der Waals surface area contributed by atoms with Crippen LogP contribution in [-0.2, 0) is 16.0 Å². The number of nitrogens with zero attached hydrogens (tertiary/aromatic N) is 2. The van der Waals surface area contributed by atoms with Crippen molar-refractivity contribution >= 4 is 9.84 Å². The number of benzene rings is 3. The van der Waals surface area contributed by atoms with Crippen LogP contribution >= 0.6 is 0 Å². The second-order valence-electron chi connectivity index (χ2n) is 7.26. The molecule has 0 amide bonds. The Labute approximate surface area is 188 Å². The van der Waals surface area contributed by atoms with Gasteiger partial charge < -0.3 is 0 Å². The minimum absolute atomic E-state index is 0.0144. The van der Waals surface area contributed by atoms with Crippen molar-refractivity contribution in [3.8, 4) is 28.2 Å². The largest absolute Gasteiger partial charge is 0.417 e. The van der Waals surface area contributed by atoms with Crippen LogP contribution in [0.1, 0.15) is 12.5 Å². The van der Waals surface area contributed by atoms with Gasteiger partial charge >= 0.3 is 6.18 Å². The lowest BCUT2D eigenvalue weighted by atomic mass is 10.0. The Morgan fingerprint density at radius 1 is 0.939 bits per heavy atom. The number of sulfone groups is 1. The molecule has 33 heavy (non-hydrogen) atoms. The molecule has 4 nitrogen and oxygen atoms in total. The molecule has 4 rings (SSSR count). The normalized spacial score (nSPS) is 12.2. The lowest BCUT2D eigenvalue weighted by molar-refractivity contribution is -0.137. The van der Waals surface area contributed by atoms with Crippen LogP contribution in [0.5, 0.6) is 0 Å². The third-order valence-corrected chi connectivity index (χ3v) is 6.96. The summed E-state index contributed by atoms with van der Waals surface area (Å²) in [5.41, 5.74) is -0.0926. The van der Waals surface area contributed by atoms with Crippen LogP contribution in [-0.4, -0.2) is 23.7 Å². The van der Waals surface area contributed by atoms with Gasteiger partial charge in [0.25, 0.3) is 0 Å². The Bertz CT molecular complexity index is 1430. The molecule has 0 aliphatic rings. The summed E-state index contributed by atoms with van der Waals surface area (Å²) in [7, 11) is -3.43. The van der Waals surface area contributed by atoms with Gasteiger partial charge in [-0.25, -0.2) is 17.8 Å². The van der Waals surface area contributed by atoms with Crippen molar-refractivity contribution in [1.82, 2.24) is 9.55 Å². The van der Waals surface area contributed by atoms with Crippen LogP contribution in [0.3, 0.4) is 0 Å². The first-order valence-electron chi connectivity index (χ1n) is 9.95. The standard InChI is InChI=1S/C24H18F4N2O2S/c1-2-33(31,32)18-7-5-6-16(14-18)17-10-11-22(21(25)15-17)30-13-12-29-23(30)19-8-3-4-9-20(19)24(26,27)28/h3-15H,2H2,1H3. The summed E-state index contributed by atoms with van der Waals surface area (Å²) in [6.07, 6.45) is -1.91. The topological polar surface area (TPSA) is 52.0 Å². The van der Waals surface area contributed by atoms with Gasteiger partial charge in [-0.05, 0) is 41.5 Å². The lowest BCUT2D eigenvalue weighted by Crippen LogP contribution is -2.09. The Balaban J connectivity index is 1.78. The van der Waals surface area contributed by atoms with Crippen LogP contribution in [0, 0.1) is 5.82 Å². The Morgan fingerprint density at radius 3 is 2.36 bits per heavy atom. The smallest absolute Gasteiger partial charge is 0.297 e. The van der Waals surface area contributed by atoms with E-state index in [1.54, 1.807) is 18.2 Å². The number of aromatic nitrogens is 2. The molecule has 0 aliphatic carbocycles.